The number of carbonyl (C=O) groups excluding carboxylic acids is 1. The zero-order chi connectivity index (χ0) is 14.0. The van der Waals surface area contributed by atoms with Gasteiger partial charge >= 0.3 is 5.97 Å². The van der Waals surface area contributed by atoms with E-state index in [1.165, 1.54) is 11.1 Å². The number of piperidine rings is 1. The predicted molar refractivity (Wildman–Crippen MR) is 69.8 cm³/mol. The molecule has 0 saturated carbocycles. The Morgan fingerprint density at radius 3 is 2.74 bits per heavy atom. The summed E-state index contributed by atoms with van der Waals surface area (Å²) in [4.78, 5) is 29.2. The average Bonchev–Trinajstić information content (AvgIpc) is 2.38. The number of rotatable bonds is 2. The van der Waals surface area contributed by atoms with E-state index in [0.29, 0.717) is 24.4 Å². The summed E-state index contributed by atoms with van der Waals surface area (Å²) < 4.78 is 0. The van der Waals surface area contributed by atoms with Gasteiger partial charge in [0.15, 0.2) is 0 Å². The van der Waals surface area contributed by atoms with Crippen LogP contribution in [0, 0.1) is 12.8 Å². The standard InChI is InChI=1S/C14H18N2O3/c1-9-5-6-16(12(7-9)14(18)19)13(17)11-4-3-10(2)15-8-11/h3-4,8-9,12H,5-7H2,1-2H3,(H,18,19). The van der Waals surface area contributed by atoms with Gasteiger partial charge in [0, 0.05) is 18.4 Å². The number of carboxylic acids is 1. The molecule has 1 aliphatic rings. The zero-order valence-electron chi connectivity index (χ0n) is 11.2. The van der Waals surface area contributed by atoms with E-state index < -0.39 is 12.0 Å². The minimum Gasteiger partial charge on any atom is -0.480 e. The van der Waals surface area contributed by atoms with Gasteiger partial charge in [-0.3, -0.25) is 9.78 Å². The number of aryl methyl sites for hydroxylation is 1. The second kappa shape index (κ2) is 5.38. The normalized spacial score (nSPS) is 23.2. The number of nitrogens with zero attached hydrogens (tertiary/aromatic N) is 2. The van der Waals surface area contributed by atoms with Crippen LogP contribution in [0.3, 0.4) is 0 Å². The number of hydrogen-bond acceptors (Lipinski definition) is 3. The molecule has 1 fully saturated rings. The second-order valence-corrected chi connectivity index (χ2v) is 5.17. The largest absolute Gasteiger partial charge is 0.480 e. The number of aromatic nitrogens is 1. The summed E-state index contributed by atoms with van der Waals surface area (Å²) >= 11 is 0. The number of carboxylic acid groups (broad SMARTS) is 1. The molecule has 2 atom stereocenters. The Bertz CT molecular complexity index is 484. The predicted octanol–water partition coefficient (Wildman–Crippen LogP) is 1.72. The lowest BCUT2D eigenvalue weighted by molar-refractivity contribution is -0.144. The third-order valence-corrected chi connectivity index (χ3v) is 3.57. The molecule has 2 unspecified atom stereocenters. The Morgan fingerprint density at radius 1 is 1.42 bits per heavy atom. The first-order valence-corrected chi connectivity index (χ1v) is 6.45. The van der Waals surface area contributed by atoms with Gasteiger partial charge in [0.25, 0.3) is 5.91 Å². The minimum atomic E-state index is -0.931. The molecule has 0 bridgehead atoms. The van der Waals surface area contributed by atoms with E-state index in [9.17, 15) is 14.7 Å². The lowest BCUT2D eigenvalue weighted by Crippen LogP contribution is -2.49. The highest BCUT2D eigenvalue weighted by Crippen LogP contribution is 2.24. The quantitative estimate of drug-likeness (QED) is 0.881. The first-order valence-electron chi connectivity index (χ1n) is 6.45. The molecule has 1 saturated heterocycles. The van der Waals surface area contributed by atoms with Crippen molar-refractivity contribution in [1.29, 1.82) is 0 Å². The molecule has 0 spiro atoms. The van der Waals surface area contributed by atoms with E-state index in [1.54, 1.807) is 12.1 Å². The van der Waals surface area contributed by atoms with Gasteiger partial charge < -0.3 is 10.0 Å². The van der Waals surface area contributed by atoms with Crippen LogP contribution in [-0.4, -0.2) is 39.5 Å². The maximum absolute atomic E-state index is 12.4. The molecule has 2 rings (SSSR count). The maximum atomic E-state index is 12.4. The van der Waals surface area contributed by atoms with Gasteiger partial charge in [-0.15, -0.1) is 0 Å². The van der Waals surface area contributed by atoms with Gasteiger partial charge in [-0.05, 0) is 37.8 Å². The maximum Gasteiger partial charge on any atom is 0.326 e. The highest BCUT2D eigenvalue weighted by molar-refractivity contribution is 5.96. The van der Waals surface area contributed by atoms with Gasteiger partial charge in [-0.25, -0.2) is 4.79 Å². The first-order chi connectivity index (χ1) is 8.99. The summed E-state index contributed by atoms with van der Waals surface area (Å²) in [6.45, 7) is 4.35. The molecule has 19 heavy (non-hydrogen) atoms. The van der Waals surface area contributed by atoms with Crippen LogP contribution < -0.4 is 0 Å². The Labute approximate surface area is 112 Å². The van der Waals surface area contributed by atoms with Crippen LogP contribution >= 0.6 is 0 Å². The number of pyridine rings is 1. The highest BCUT2D eigenvalue weighted by Gasteiger charge is 2.35. The van der Waals surface area contributed by atoms with Crippen molar-refractivity contribution in [3.8, 4) is 0 Å². The van der Waals surface area contributed by atoms with Crippen LogP contribution in [0.15, 0.2) is 18.3 Å². The second-order valence-electron chi connectivity index (χ2n) is 5.17. The topological polar surface area (TPSA) is 70.5 Å². The van der Waals surface area contributed by atoms with Crippen LogP contribution in [0.5, 0.6) is 0 Å². The lowest BCUT2D eigenvalue weighted by Gasteiger charge is -2.36. The molecule has 1 aromatic heterocycles. The van der Waals surface area contributed by atoms with Crippen molar-refractivity contribution in [2.75, 3.05) is 6.54 Å². The average molecular weight is 262 g/mol. The van der Waals surface area contributed by atoms with E-state index in [-0.39, 0.29) is 5.91 Å². The van der Waals surface area contributed by atoms with E-state index in [4.69, 9.17) is 0 Å². The number of hydrogen-bond donors (Lipinski definition) is 1. The van der Waals surface area contributed by atoms with Crippen LogP contribution in [0.2, 0.25) is 0 Å². The lowest BCUT2D eigenvalue weighted by atomic mass is 9.92. The van der Waals surface area contributed by atoms with Crippen molar-refractivity contribution in [1.82, 2.24) is 9.88 Å². The Morgan fingerprint density at radius 2 is 2.16 bits per heavy atom. The van der Waals surface area contributed by atoms with Crippen molar-refractivity contribution in [2.45, 2.75) is 32.7 Å². The third kappa shape index (κ3) is 2.92. The molecule has 0 radical (unpaired) electrons. The molecule has 102 valence electrons. The molecule has 1 N–H and O–H groups in total. The van der Waals surface area contributed by atoms with Crippen molar-refractivity contribution in [3.63, 3.8) is 0 Å². The fraction of sp³-hybridized carbons (Fsp3) is 0.500. The molecular weight excluding hydrogens is 244 g/mol. The Hall–Kier alpha value is -1.91. The molecule has 5 heteroatoms. The van der Waals surface area contributed by atoms with Crippen molar-refractivity contribution in [3.05, 3.63) is 29.6 Å². The van der Waals surface area contributed by atoms with E-state index >= 15 is 0 Å². The van der Waals surface area contributed by atoms with E-state index in [1.807, 2.05) is 13.8 Å². The van der Waals surface area contributed by atoms with Crippen LogP contribution in [0.1, 0.15) is 35.8 Å². The summed E-state index contributed by atoms with van der Waals surface area (Å²) in [6.07, 6.45) is 2.86. The van der Waals surface area contributed by atoms with Crippen LogP contribution in [-0.2, 0) is 4.79 Å². The molecule has 2 heterocycles. The Balaban J connectivity index is 2.21. The first kappa shape index (κ1) is 13.5. The van der Waals surface area contributed by atoms with Crippen molar-refractivity contribution >= 4 is 11.9 Å². The number of carbonyl (C=O) groups is 2. The summed E-state index contributed by atoms with van der Waals surface area (Å²) in [5.41, 5.74) is 1.28. The van der Waals surface area contributed by atoms with Gasteiger partial charge in [-0.2, -0.15) is 0 Å². The molecule has 5 nitrogen and oxygen atoms in total. The van der Waals surface area contributed by atoms with Crippen LogP contribution in [0.25, 0.3) is 0 Å². The molecule has 1 amide bonds. The molecule has 0 aliphatic carbocycles. The van der Waals surface area contributed by atoms with Gasteiger partial charge in [-0.1, -0.05) is 6.92 Å². The SMILES string of the molecule is Cc1ccc(C(=O)N2CCC(C)CC2C(=O)O)cn1. The zero-order valence-corrected chi connectivity index (χ0v) is 11.2. The third-order valence-electron chi connectivity index (χ3n) is 3.57. The van der Waals surface area contributed by atoms with E-state index in [0.717, 1.165) is 12.1 Å². The number of amides is 1. The molecule has 0 aromatic carbocycles. The van der Waals surface area contributed by atoms with Gasteiger partial charge in [0.1, 0.15) is 6.04 Å². The monoisotopic (exact) mass is 262 g/mol. The smallest absolute Gasteiger partial charge is 0.326 e. The minimum absolute atomic E-state index is 0.244. The molecule has 1 aromatic rings. The highest BCUT2D eigenvalue weighted by atomic mass is 16.4. The number of likely N-dealkylation sites (tertiary alicyclic amines) is 1. The molecule has 1 aliphatic heterocycles. The van der Waals surface area contributed by atoms with E-state index in [2.05, 4.69) is 4.98 Å². The summed E-state index contributed by atoms with van der Waals surface area (Å²) in [6, 6.07) is 2.73. The summed E-state index contributed by atoms with van der Waals surface area (Å²) in [7, 11) is 0. The van der Waals surface area contributed by atoms with Crippen molar-refractivity contribution < 1.29 is 14.7 Å². The summed E-state index contributed by atoms with van der Waals surface area (Å²) in [5, 5.41) is 9.26. The summed E-state index contributed by atoms with van der Waals surface area (Å²) in [5.74, 6) is -0.840. The van der Waals surface area contributed by atoms with Crippen LogP contribution in [0.4, 0.5) is 0 Å². The van der Waals surface area contributed by atoms with Gasteiger partial charge in [0.2, 0.25) is 0 Å². The fourth-order valence-electron chi connectivity index (χ4n) is 2.38. The molecular formula is C14H18N2O3. The fourth-order valence-corrected chi connectivity index (χ4v) is 2.38. The number of aliphatic carboxylic acids is 1. The van der Waals surface area contributed by atoms with Gasteiger partial charge in [0.05, 0.1) is 5.56 Å². The van der Waals surface area contributed by atoms with Crippen molar-refractivity contribution in [2.24, 2.45) is 5.92 Å². The Kier molecular flexibility index (Phi) is 3.83.